The molecule has 140 valence electrons. The molecule has 27 heavy (non-hydrogen) atoms. The molecule has 1 atom stereocenters. The van der Waals surface area contributed by atoms with Crippen molar-refractivity contribution in [1.29, 1.82) is 0 Å². The highest BCUT2D eigenvalue weighted by Gasteiger charge is 2.27. The van der Waals surface area contributed by atoms with Crippen molar-refractivity contribution in [2.24, 2.45) is 5.92 Å². The van der Waals surface area contributed by atoms with Gasteiger partial charge in [0.1, 0.15) is 11.9 Å². The maximum absolute atomic E-state index is 12.5. The first-order chi connectivity index (χ1) is 13.0. The van der Waals surface area contributed by atoms with E-state index in [-0.39, 0.29) is 18.3 Å². The molecule has 0 spiro atoms. The summed E-state index contributed by atoms with van der Waals surface area (Å²) < 4.78 is 10.3. The van der Waals surface area contributed by atoms with Crippen LogP contribution in [-0.4, -0.2) is 27.9 Å². The van der Waals surface area contributed by atoms with Gasteiger partial charge < -0.3 is 20.2 Å². The molecular formula is C19H20N4O4. The van der Waals surface area contributed by atoms with Crippen molar-refractivity contribution in [3.8, 4) is 0 Å². The smallest absolute Gasteiger partial charge is 0.329 e. The molecular weight excluding hydrogens is 348 g/mol. The van der Waals surface area contributed by atoms with Gasteiger partial charge in [-0.2, -0.15) is 0 Å². The number of para-hydroxylation sites is 1. The molecule has 0 bridgehead atoms. The molecule has 0 radical (unpaired) electrons. The minimum absolute atomic E-state index is 0.124. The summed E-state index contributed by atoms with van der Waals surface area (Å²) in [5.41, 5.74) is 6.60. The fraction of sp³-hybridized carbons (Fsp3) is 0.263. The third-order valence-electron chi connectivity index (χ3n) is 3.97. The number of amides is 1. The number of nitrogens with one attached hydrogen (secondary N) is 1. The van der Waals surface area contributed by atoms with Crippen LogP contribution in [0.5, 0.6) is 0 Å². The molecule has 0 aliphatic carbocycles. The van der Waals surface area contributed by atoms with Crippen LogP contribution >= 0.6 is 0 Å². The quantitative estimate of drug-likeness (QED) is 0.640. The number of aromatic nitrogens is 2. The SMILES string of the molecule is CC(C)[C@H](NC(=O)c1ccco1)C(=O)OCc1nc(N)c2ccccc2n1. The van der Waals surface area contributed by atoms with E-state index in [4.69, 9.17) is 14.9 Å². The number of rotatable bonds is 6. The van der Waals surface area contributed by atoms with Crippen molar-refractivity contribution < 1.29 is 18.7 Å². The Labute approximate surface area is 155 Å². The molecule has 8 heteroatoms. The van der Waals surface area contributed by atoms with Gasteiger partial charge >= 0.3 is 5.97 Å². The number of hydrogen-bond acceptors (Lipinski definition) is 7. The molecule has 3 aromatic rings. The van der Waals surface area contributed by atoms with E-state index < -0.39 is 17.9 Å². The second-order valence-electron chi connectivity index (χ2n) is 6.32. The van der Waals surface area contributed by atoms with Gasteiger partial charge in [-0.05, 0) is 30.2 Å². The number of nitrogens with two attached hydrogens (primary N) is 1. The number of furan rings is 1. The average Bonchev–Trinajstić information content (AvgIpc) is 3.18. The molecule has 8 nitrogen and oxygen atoms in total. The van der Waals surface area contributed by atoms with Crippen LogP contribution in [-0.2, 0) is 16.1 Å². The molecule has 0 fully saturated rings. The van der Waals surface area contributed by atoms with Gasteiger partial charge in [0.05, 0.1) is 11.8 Å². The molecule has 2 aromatic heterocycles. The number of benzene rings is 1. The summed E-state index contributed by atoms with van der Waals surface area (Å²) in [5.74, 6) is -0.516. The van der Waals surface area contributed by atoms with Crippen LogP contribution in [0, 0.1) is 5.92 Å². The topological polar surface area (TPSA) is 120 Å². The fourth-order valence-corrected chi connectivity index (χ4v) is 2.56. The van der Waals surface area contributed by atoms with Gasteiger partial charge in [-0.3, -0.25) is 4.79 Å². The molecule has 3 rings (SSSR count). The van der Waals surface area contributed by atoms with Gasteiger partial charge in [-0.1, -0.05) is 26.0 Å². The fourth-order valence-electron chi connectivity index (χ4n) is 2.56. The van der Waals surface area contributed by atoms with E-state index in [1.54, 1.807) is 26.0 Å². The number of hydrogen-bond donors (Lipinski definition) is 2. The van der Waals surface area contributed by atoms with E-state index in [2.05, 4.69) is 15.3 Å². The molecule has 0 aliphatic rings. The summed E-state index contributed by atoms with van der Waals surface area (Å²) in [6.45, 7) is 3.46. The summed E-state index contributed by atoms with van der Waals surface area (Å²) in [4.78, 5) is 33.1. The van der Waals surface area contributed by atoms with Gasteiger partial charge in [-0.25, -0.2) is 14.8 Å². The van der Waals surface area contributed by atoms with Crippen LogP contribution in [0.1, 0.15) is 30.2 Å². The van der Waals surface area contributed by atoms with Crippen LogP contribution in [0.15, 0.2) is 47.1 Å². The number of carbonyl (C=O) groups is 2. The largest absolute Gasteiger partial charge is 0.459 e. The maximum atomic E-state index is 12.5. The molecule has 1 amide bonds. The van der Waals surface area contributed by atoms with Crippen LogP contribution < -0.4 is 11.1 Å². The summed E-state index contributed by atoms with van der Waals surface area (Å²) in [5, 5.41) is 3.36. The first kappa shape index (κ1) is 18.4. The number of carbonyl (C=O) groups excluding carboxylic acids is 2. The normalized spacial score (nSPS) is 12.1. The Balaban J connectivity index is 1.68. The number of esters is 1. The van der Waals surface area contributed by atoms with E-state index in [1.165, 1.54) is 12.3 Å². The Hall–Kier alpha value is -3.42. The third-order valence-corrected chi connectivity index (χ3v) is 3.97. The molecule has 0 saturated heterocycles. The van der Waals surface area contributed by atoms with Crippen LogP contribution in [0.4, 0.5) is 5.82 Å². The van der Waals surface area contributed by atoms with Gasteiger partial charge in [0.25, 0.3) is 5.91 Å². The molecule has 1 aromatic carbocycles. The Morgan fingerprint density at radius 1 is 1.19 bits per heavy atom. The summed E-state index contributed by atoms with van der Waals surface area (Å²) in [7, 11) is 0. The lowest BCUT2D eigenvalue weighted by molar-refractivity contribution is -0.148. The first-order valence-corrected chi connectivity index (χ1v) is 8.48. The van der Waals surface area contributed by atoms with E-state index in [1.807, 2.05) is 18.2 Å². The standard InChI is InChI=1S/C19H20N4O4/c1-11(2)16(23-18(24)14-8-5-9-26-14)19(25)27-10-15-21-13-7-4-3-6-12(13)17(20)22-15/h3-9,11,16H,10H2,1-2H3,(H,23,24)(H2,20,21,22)/t16-/m0/s1. The van der Waals surface area contributed by atoms with Crippen molar-refractivity contribution in [1.82, 2.24) is 15.3 Å². The van der Waals surface area contributed by atoms with E-state index in [0.29, 0.717) is 17.2 Å². The lowest BCUT2D eigenvalue weighted by atomic mass is 10.0. The number of nitrogens with zero attached hydrogens (tertiary/aromatic N) is 2. The number of fused-ring (bicyclic) bond motifs is 1. The molecule has 3 N–H and O–H groups in total. The van der Waals surface area contributed by atoms with Crippen LogP contribution in [0.2, 0.25) is 0 Å². The molecule has 2 heterocycles. The lowest BCUT2D eigenvalue weighted by Crippen LogP contribution is -2.45. The zero-order valence-electron chi connectivity index (χ0n) is 15.0. The monoisotopic (exact) mass is 368 g/mol. The van der Waals surface area contributed by atoms with Gasteiger partial charge in [0.15, 0.2) is 18.2 Å². The predicted octanol–water partition coefficient (Wildman–Crippen LogP) is 2.30. The highest BCUT2D eigenvalue weighted by atomic mass is 16.5. The Morgan fingerprint density at radius 3 is 2.67 bits per heavy atom. The van der Waals surface area contributed by atoms with Crippen LogP contribution in [0.25, 0.3) is 10.9 Å². The first-order valence-electron chi connectivity index (χ1n) is 8.48. The Bertz CT molecular complexity index is 954. The van der Waals surface area contributed by atoms with E-state index in [9.17, 15) is 9.59 Å². The van der Waals surface area contributed by atoms with E-state index >= 15 is 0 Å². The zero-order chi connectivity index (χ0) is 19.4. The van der Waals surface area contributed by atoms with Crippen molar-refractivity contribution in [3.63, 3.8) is 0 Å². The molecule has 0 unspecified atom stereocenters. The van der Waals surface area contributed by atoms with Crippen molar-refractivity contribution in [2.75, 3.05) is 5.73 Å². The summed E-state index contributed by atoms with van der Waals surface area (Å²) in [6, 6.07) is 9.59. The summed E-state index contributed by atoms with van der Waals surface area (Å²) >= 11 is 0. The van der Waals surface area contributed by atoms with E-state index in [0.717, 1.165) is 5.39 Å². The van der Waals surface area contributed by atoms with Gasteiger partial charge in [0.2, 0.25) is 0 Å². The van der Waals surface area contributed by atoms with Crippen molar-refractivity contribution in [3.05, 3.63) is 54.2 Å². The number of nitrogen functional groups attached to an aromatic ring is 1. The minimum Gasteiger partial charge on any atom is -0.459 e. The van der Waals surface area contributed by atoms with Crippen molar-refractivity contribution in [2.45, 2.75) is 26.5 Å². The Kier molecular flexibility index (Phi) is 5.35. The van der Waals surface area contributed by atoms with Gasteiger partial charge in [-0.15, -0.1) is 0 Å². The third kappa shape index (κ3) is 4.22. The molecule has 0 aliphatic heterocycles. The van der Waals surface area contributed by atoms with Gasteiger partial charge in [0, 0.05) is 5.39 Å². The number of ether oxygens (including phenoxy) is 1. The molecule has 0 saturated carbocycles. The zero-order valence-corrected chi connectivity index (χ0v) is 15.0. The average molecular weight is 368 g/mol. The predicted molar refractivity (Wildman–Crippen MR) is 98.5 cm³/mol. The second-order valence-corrected chi connectivity index (χ2v) is 6.32. The number of anilines is 1. The minimum atomic E-state index is -0.833. The second kappa shape index (κ2) is 7.86. The van der Waals surface area contributed by atoms with Crippen LogP contribution in [0.3, 0.4) is 0 Å². The highest BCUT2D eigenvalue weighted by molar-refractivity contribution is 5.94. The summed E-state index contributed by atoms with van der Waals surface area (Å²) in [6.07, 6.45) is 1.39. The maximum Gasteiger partial charge on any atom is 0.329 e. The highest BCUT2D eigenvalue weighted by Crippen LogP contribution is 2.17. The Morgan fingerprint density at radius 2 is 1.96 bits per heavy atom. The van der Waals surface area contributed by atoms with Crippen molar-refractivity contribution >= 4 is 28.6 Å². The lowest BCUT2D eigenvalue weighted by Gasteiger charge is -2.20.